The van der Waals surface area contributed by atoms with Gasteiger partial charge in [-0.25, -0.2) is 0 Å². The first-order chi connectivity index (χ1) is 7.41. The van der Waals surface area contributed by atoms with E-state index in [1.807, 2.05) is 0 Å². The molecule has 0 unspecified atom stereocenters. The Balaban J connectivity index is 5.16. The van der Waals surface area contributed by atoms with Crippen LogP contribution in [0.2, 0.25) is 0 Å². The molecule has 0 fully saturated rings. The van der Waals surface area contributed by atoms with E-state index in [1.54, 1.807) is 0 Å². The van der Waals surface area contributed by atoms with Crippen molar-refractivity contribution >= 4 is 11.8 Å². The first-order valence-electron chi connectivity index (χ1n) is 4.45. The van der Waals surface area contributed by atoms with E-state index >= 15 is 0 Å². The monoisotopic (exact) mass is 262 g/mol. The Labute approximate surface area is 93.5 Å². The summed E-state index contributed by atoms with van der Waals surface area (Å²) >= 11 is 0. The van der Waals surface area contributed by atoms with Gasteiger partial charge in [-0.05, 0) is 13.8 Å². The van der Waals surface area contributed by atoms with Crippen LogP contribution in [0.4, 0.5) is 22.0 Å². The van der Waals surface area contributed by atoms with Crippen molar-refractivity contribution in [2.45, 2.75) is 32.0 Å². The Bertz CT molecular complexity index is 314. The van der Waals surface area contributed by atoms with E-state index in [4.69, 9.17) is 0 Å². The largest absolute Gasteiger partial charge is 0.463 e. The zero-order valence-electron chi connectivity index (χ0n) is 9.02. The van der Waals surface area contributed by atoms with Crippen molar-refractivity contribution in [3.63, 3.8) is 0 Å². The Hall–Kier alpha value is -1.41. The van der Waals surface area contributed by atoms with Gasteiger partial charge in [0.25, 0.3) is 0 Å². The van der Waals surface area contributed by atoms with Crippen LogP contribution in [-0.2, 0) is 9.59 Å². The number of hydrogen-bond donors (Lipinski definition) is 1. The second kappa shape index (κ2) is 4.84. The fourth-order valence-corrected chi connectivity index (χ4v) is 0.958. The molecule has 0 heterocycles. The van der Waals surface area contributed by atoms with Gasteiger partial charge in [-0.15, -0.1) is 0 Å². The molecular weight excluding hydrogens is 251 g/mol. The third-order valence-corrected chi connectivity index (χ3v) is 1.84. The maximum absolute atomic E-state index is 12.7. The molecular formula is C8H11F5N2O2. The number of halogens is 5. The molecule has 0 radical (unpaired) electrons. The summed E-state index contributed by atoms with van der Waals surface area (Å²) in [6.07, 6.45) is -6.01. The van der Waals surface area contributed by atoms with Gasteiger partial charge in [-0.3, -0.25) is 9.59 Å². The van der Waals surface area contributed by atoms with Crippen LogP contribution in [0.25, 0.3) is 0 Å². The van der Waals surface area contributed by atoms with Gasteiger partial charge in [0, 0.05) is 6.04 Å². The highest BCUT2D eigenvalue weighted by Gasteiger charge is 2.64. The van der Waals surface area contributed by atoms with Crippen molar-refractivity contribution in [3.8, 4) is 0 Å². The van der Waals surface area contributed by atoms with Crippen molar-refractivity contribution < 1.29 is 31.5 Å². The third-order valence-electron chi connectivity index (χ3n) is 1.84. The van der Waals surface area contributed by atoms with Crippen LogP contribution < -0.4 is 5.73 Å². The topological polar surface area (TPSA) is 63.4 Å². The number of nitrogens with two attached hydrogens (primary N) is 1. The van der Waals surface area contributed by atoms with E-state index in [1.165, 1.54) is 13.8 Å². The molecule has 0 aliphatic carbocycles. The van der Waals surface area contributed by atoms with Crippen LogP contribution in [-0.4, -0.2) is 41.4 Å². The fraction of sp³-hybridized carbons (Fsp3) is 0.750. The molecule has 0 saturated heterocycles. The minimum atomic E-state index is -6.01. The van der Waals surface area contributed by atoms with Crippen LogP contribution in [0.15, 0.2) is 0 Å². The molecule has 0 aromatic carbocycles. The molecule has 0 aliphatic heterocycles. The maximum atomic E-state index is 12.7. The molecule has 2 amide bonds. The predicted molar refractivity (Wildman–Crippen MR) is 47.0 cm³/mol. The van der Waals surface area contributed by atoms with Gasteiger partial charge in [0.1, 0.15) is 0 Å². The lowest BCUT2D eigenvalue weighted by Gasteiger charge is -2.29. The first kappa shape index (κ1) is 15.6. The predicted octanol–water partition coefficient (Wildman–Crippen LogP) is 0.906. The highest BCUT2D eigenvalue weighted by Crippen LogP contribution is 2.37. The van der Waals surface area contributed by atoms with Gasteiger partial charge in [-0.2, -0.15) is 22.0 Å². The summed E-state index contributed by atoms with van der Waals surface area (Å²) in [6.45, 7) is 1.38. The zero-order chi connectivity index (χ0) is 14.0. The molecule has 2 N–H and O–H groups in total. The van der Waals surface area contributed by atoms with E-state index in [2.05, 4.69) is 5.73 Å². The Kier molecular flexibility index (Phi) is 4.44. The smallest absolute Gasteiger partial charge is 0.368 e. The van der Waals surface area contributed by atoms with Crippen LogP contribution in [0.3, 0.4) is 0 Å². The summed E-state index contributed by atoms with van der Waals surface area (Å²) in [5.41, 5.74) is 4.66. The molecule has 17 heavy (non-hydrogen) atoms. The van der Waals surface area contributed by atoms with E-state index in [0.717, 1.165) is 0 Å². The molecule has 0 aliphatic rings. The van der Waals surface area contributed by atoms with Gasteiger partial charge in [0.15, 0.2) is 0 Å². The second-order valence-electron chi connectivity index (χ2n) is 3.57. The summed E-state index contributed by atoms with van der Waals surface area (Å²) in [6, 6.07) is -1.01. The molecule has 100 valence electrons. The Morgan fingerprint density at radius 2 is 1.59 bits per heavy atom. The lowest BCUT2D eigenvalue weighted by molar-refractivity contribution is -0.275. The Morgan fingerprint density at radius 3 is 1.82 bits per heavy atom. The number of carbonyl (C=O) groups excluding carboxylic acids is 2. The molecule has 9 heteroatoms. The number of amides is 2. The van der Waals surface area contributed by atoms with Crippen molar-refractivity contribution in [2.75, 3.05) is 6.54 Å². The van der Waals surface area contributed by atoms with Crippen molar-refractivity contribution in [2.24, 2.45) is 5.73 Å². The van der Waals surface area contributed by atoms with Gasteiger partial charge in [0.05, 0.1) is 6.54 Å². The number of primary amides is 1. The molecule has 0 aromatic heterocycles. The minimum Gasteiger partial charge on any atom is -0.368 e. The van der Waals surface area contributed by atoms with Gasteiger partial charge in [-0.1, -0.05) is 0 Å². The average molecular weight is 262 g/mol. The lowest BCUT2D eigenvalue weighted by Crippen LogP contribution is -2.55. The fourth-order valence-electron chi connectivity index (χ4n) is 0.958. The molecule has 0 spiro atoms. The summed E-state index contributed by atoms with van der Waals surface area (Å²) in [7, 11) is 0. The van der Waals surface area contributed by atoms with E-state index in [-0.39, 0.29) is 4.90 Å². The third kappa shape index (κ3) is 3.53. The van der Waals surface area contributed by atoms with Crippen molar-refractivity contribution in [3.05, 3.63) is 0 Å². The lowest BCUT2D eigenvalue weighted by atomic mass is 10.2. The van der Waals surface area contributed by atoms with Crippen LogP contribution in [0, 0.1) is 0 Å². The number of hydrogen-bond acceptors (Lipinski definition) is 2. The second-order valence-corrected chi connectivity index (χ2v) is 3.57. The summed E-state index contributed by atoms with van der Waals surface area (Å²) in [5.74, 6) is -9.20. The van der Waals surface area contributed by atoms with Crippen molar-refractivity contribution in [1.29, 1.82) is 0 Å². The minimum absolute atomic E-state index is 0.0792. The summed E-state index contributed by atoms with van der Waals surface area (Å²) in [4.78, 5) is 21.6. The van der Waals surface area contributed by atoms with Gasteiger partial charge < -0.3 is 10.6 Å². The standard InChI is InChI=1S/C8H11F5N2O2/c1-4(2)15(3-5(14)16)6(17)7(9,10)8(11,12)13/h4H,3H2,1-2H3,(H2,14,16). The number of rotatable bonds is 4. The van der Waals surface area contributed by atoms with E-state index in [0.29, 0.717) is 0 Å². The van der Waals surface area contributed by atoms with Crippen LogP contribution in [0.1, 0.15) is 13.8 Å². The normalized spacial score (nSPS) is 12.7. The number of carbonyl (C=O) groups is 2. The van der Waals surface area contributed by atoms with E-state index < -0.39 is 36.5 Å². The van der Waals surface area contributed by atoms with Gasteiger partial charge >= 0.3 is 18.0 Å². The Morgan fingerprint density at radius 1 is 1.18 bits per heavy atom. The van der Waals surface area contributed by atoms with E-state index in [9.17, 15) is 31.5 Å². The first-order valence-corrected chi connectivity index (χ1v) is 4.45. The molecule has 0 saturated carbocycles. The summed E-state index contributed by atoms with van der Waals surface area (Å²) < 4.78 is 61.2. The molecule has 4 nitrogen and oxygen atoms in total. The SMILES string of the molecule is CC(C)N(CC(N)=O)C(=O)C(F)(F)C(F)(F)F. The van der Waals surface area contributed by atoms with Crippen LogP contribution >= 0.6 is 0 Å². The zero-order valence-corrected chi connectivity index (χ0v) is 9.02. The highest BCUT2D eigenvalue weighted by molar-refractivity contribution is 5.88. The maximum Gasteiger partial charge on any atom is 0.463 e. The summed E-state index contributed by atoms with van der Waals surface area (Å²) in [5, 5.41) is 0. The molecule has 0 atom stereocenters. The average Bonchev–Trinajstić information content (AvgIpc) is 2.10. The van der Waals surface area contributed by atoms with Gasteiger partial charge in [0.2, 0.25) is 5.91 Å². The molecule has 0 bridgehead atoms. The quantitative estimate of drug-likeness (QED) is 0.765. The van der Waals surface area contributed by atoms with Crippen molar-refractivity contribution in [1.82, 2.24) is 4.90 Å². The number of nitrogens with zero attached hydrogens (tertiary/aromatic N) is 1. The van der Waals surface area contributed by atoms with Crippen LogP contribution in [0.5, 0.6) is 0 Å². The number of alkyl halides is 5. The highest BCUT2D eigenvalue weighted by atomic mass is 19.4. The molecule has 0 aromatic rings. The molecule has 0 rings (SSSR count).